The molecule has 1 amide bonds. The lowest BCUT2D eigenvalue weighted by atomic mass is 9.87. The summed E-state index contributed by atoms with van der Waals surface area (Å²) in [6, 6.07) is 7.69. The lowest BCUT2D eigenvalue weighted by Gasteiger charge is -2.19. The zero-order chi connectivity index (χ0) is 17.4. The van der Waals surface area contributed by atoms with Crippen molar-refractivity contribution in [3.63, 3.8) is 0 Å². The molecule has 2 N–H and O–H groups in total. The number of imidazole rings is 1. The van der Waals surface area contributed by atoms with E-state index >= 15 is 0 Å². The van der Waals surface area contributed by atoms with Crippen LogP contribution in [0.4, 0.5) is 0 Å². The maximum Gasteiger partial charge on any atom is 0.224 e. The van der Waals surface area contributed by atoms with Crippen LogP contribution in [0.15, 0.2) is 30.5 Å². The second kappa shape index (κ2) is 6.35. The standard InChI is InChI=1S/C19H21N3O3/c1-25-13-4-2-12(3-5-13)16-9-20-18(22-16)10-21-19(24)15-7-11-6-14(15)17(23)8-11/h2-5,9,11,14-15H,6-8,10H2,1H3,(H,20,22)(H,21,24)/t11-,14+,15?/m0/s1. The fourth-order valence-electron chi connectivity index (χ4n) is 4.06. The number of ketones is 1. The second-order valence-corrected chi connectivity index (χ2v) is 6.91. The van der Waals surface area contributed by atoms with Crippen LogP contribution in [0.25, 0.3) is 11.3 Å². The zero-order valence-corrected chi connectivity index (χ0v) is 14.1. The third-order valence-electron chi connectivity index (χ3n) is 5.36. The van der Waals surface area contributed by atoms with Gasteiger partial charge in [-0.1, -0.05) is 0 Å². The highest BCUT2D eigenvalue weighted by atomic mass is 16.5. The maximum absolute atomic E-state index is 12.4. The summed E-state index contributed by atoms with van der Waals surface area (Å²) < 4.78 is 5.16. The number of nitrogens with zero attached hydrogens (tertiary/aromatic N) is 1. The molecule has 0 saturated heterocycles. The quantitative estimate of drug-likeness (QED) is 0.875. The molecule has 3 atom stereocenters. The van der Waals surface area contributed by atoms with Crippen LogP contribution in [0.1, 0.15) is 25.1 Å². The van der Waals surface area contributed by atoms with Gasteiger partial charge < -0.3 is 15.0 Å². The zero-order valence-electron chi connectivity index (χ0n) is 14.1. The third kappa shape index (κ3) is 3.04. The number of hydrogen-bond acceptors (Lipinski definition) is 4. The predicted octanol–water partition coefficient (Wildman–Crippen LogP) is 2.32. The Morgan fingerprint density at radius 1 is 1.32 bits per heavy atom. The normalized spacial score (nSPS) is 24.5. The van der Waals surface area contributed by atoms with Gasteiger partial charge in [-0.2, -0.15) is 0 Å². The van der Waals surface area contributed by atoms with E-state index in [0.717, 1.165) is 29.8 Å². The molecule has 25 heavy (non-hydrogen) atoms. The summed E-state index contributed by atoms with van der Waals surface area (Å²) in [6.45, 7) is 0.344. The van der Waals surface area contributed by atoms with E-state index in [4.69, 9.17) is 4.74 Å². The Labute approximate surface area is 146 Å². The summed E-state index contributed by atoms with van der Waals surface area (Å²) in [7, 11) is 1.63. The summed E-state index contributed by atoms with van der Waals surface area (Å²) in [5, 5.41) is 2.92. The smallest absolute Gasteiger partial charge is 0.224 e. The lowest BCUT2D eigenvalue weighted by Crippen LogP contribution is -2.36. The summed E-state index contributed by atoms with van der Waals surface area (Å²) in [5.74, 6) is 1.95. The first kappa shape index (κ1) is 15.9. The van der Waals surface area contributed by atoms with E-state index in [9.17, 15) is 9.59 Å². The second-order valence-electron chi connectivity index (χ2n) is 6.91. The van der Waals surface area contributed by atoms with Gasteiger partial charge in [0.1, 0.15) is 17.4 Å². The Hall–Kier alpha value is -2.63. The van der Waals surface area contributed by atoms with Crippen molar-refractivity contribution in [3.8, 4) is 17.0 Å². The first-order valence-electron chi connectivity index (χ1n) is 8.63. The van der Waals surface area contributed by atoms with Gasteiger partial charge in [-0.05, 0) is 48.6 Å². The van der Waals surface area contributed by atoms with E-state index in [-0.39, 0.29) is 23.5 Å². The molecule has 1 aromatic carbocycles. The highest BCUT2D eigenvalue weighted by Crippen LogP contribution is 2.46. The first-order chi connectivity index (χ1) is 12.1. The van der Waals surface area contributed by atoms with E-state index in [1.165, 1.54) is 0 Å². The van der Waals surface area contributed by atoms with Gasteiger partial charge in [0.25, 0.3) is 0 Å². The maximum atomic E-state index is 12.4. The molecule has 1 aromatic heterocycles. The number of aromatic nitrogens is 2. The third-order valence-corrected chi connectivity index (χ3v) is 5.36. The summed E-state index contributed by atoms with van der Waals surface area (Å²) in [6.07, 6.45) is 4.15. The Morgan fingerprint density at radius 2 is 2.12 bits per heavy atom. The number of fused-ring (bicyclic) bond motifs is 2. The lowest BCUT2D eigenvalue weighted by molar-refractivity contribution is -0.133. The Morgan fingerprint density at radius 3 is 2.80 bits per heavy atom. The van der Waals surface area contributed by atoms with E-state index in [2.05, 4.69) is 15.3 Å². The van der Waals surface area contributed by atoms with Crippen LogP contribution >= 0.6 is 0 Å². The molecule has 2 fully saturated rings. The Kier molecular flexibility index (Phi) is 4.03. The van der Waals surface area contributed by atoms with Gasteiger partial charge in [-0.15, -0.1) is 0 Å². The summed E-state index contributed by atoms with van der Waals surface area (Å²) in [5.41, 5.74) is 1.89. The minimum Gasteiger partial charge on any atom is -0.497 e. The fraction of sp³-hybridized carbons (Fsp3) is 0.421. The van der Waals surface area contributed by atoms with Crippen molar-refractivity contribution in [2.75, 3.05) is 7.11 Å². The van der Waals surface area contributed by atoms with Gasteiger partial charge in [0.05, 0.1) is 25.5 Å². The minimum atomic E-state index is -0.151. The first-order valence-corrected chi connectivity index (χ1v) is 8.63. The average molecular weight is 339 g/mol. The molecule has 6 heteroatoms. The van der Waals surface area contributed by atoms with Gasteiger partial charge in [0.2, 0.25) is 5.91 Å². The molecule has 6 nitrogen and oxygen atoms in total. The molecule has 2 saturated carbocycles. The van der Waals surface area contributed by atoms with Gasteiger partial charge >= 0.3 is 0 Å². The minimum absolute atomic E-state index is 0.0250. The number of aromatic amines is 1. The van der Waals surface area contributed by atoms with Crippen molar-refractivity contribution in [2.45, 2.75) is 25.8 Å². The van der Waals surface area contributed by atoms with Gasteiger partial charge in [-0.3, -0.25) is 9.59 Å². The van der Waals surface area contributed by atoms with Crippen molar-refractivity contribution in [1.29, 1.82) is 0 Å². The topological polar surface area (TPSA) is 84.1 Å². The number of amides is 1. The number of benzene rings is 1. The molecule has 4 rings (SSSR count). The van der Waals surface area contributed by atoms with Gasteiger partial charge in [0.15, 0.2) is 0 Å². The fourth-order valence-corrected chi connectivity index (χ4v) is 4.06. The van der Waals surface area contributed by atoms with Crippen LogP contribution in [0.5, 0.6) is 5.75 Å². The number of carbonyl (C=O) groups excluding carboxylic acids is 2. The van der Waals surface area contributed by atoms with Crippen molar-refractivity contribution in [1.82, 2.24) is 15.3 Å². The Bertz CT molecular complexity index is 797. The Balaban J connectivity index is 1.36. The predicted molar refractivity (Wildman–Crippen MR) is 91.8 cm³/mol. The number of carbonyl (C=O) groups is 2. The molecular formula is C19H21N3O3. The molecule has 0 aliphatic heterocycles. The number of ether oxygens (including phenoxy) is 1. The van der Waals surface area contributed by atoms with Crippen molar-refractivity contribution < 1.29 is 14.3 Å². The molecular weight excluding hydrogens is 318 g/mol. The molecule has 0 radical (unpaired) electrons. The van der Waals surface area contributed by atoms with Crippen LogP contribution in [0.3, 0.4) is 0 Å². The molecule has 2 bridgehead atoms. The van der Waals surface area contributed by atoms with Crippen LogP contribution in [0.2, 0.25) is 0 Å². The molecule has 2 aliphatic rings. The van der Waals surface area contributed by atoms with Crippen LogP contribution in [0, 0.1) is 17.8 Å². The monoisotopic (exact) mass is 339 g/mol. The number of methoxy groups -OCH3 is 1. The average Bonchev–Trinajstić information content (AvgIpc) is 3.35. The molecule has 130 valence electrons. The number of nitrogens with one attached hydrogen (secondary N) is 2. The van der Waals surface area contributed by atoms with Crippen LogP contribution in [-0.2, 0) is 16.1 Å². The molecule has 1 unspecified atom stereocenters. The van der Waals surface area contributed by atoms with Crippen molar-refractivity contribution in [2.24, 2.45) is 17.8 Å². The summed E-state index contributed by atoms with van der Waals surface area (Å²) in [4.78, 5) is 31.8. The van der Waals surface area contributed by atoms with E-state index in [1.54, 1.807) is 13.3 Å². The summed E-state index contributed by atoms with van der Waals surface area (Å²) >= 11 is 0. The van der Waals surface area contributed by atoms with Gasteiger partial charge in [0, 0.05) is 18.3 Å². The molecule has 0 spiro atoms. The van der Waals surface area contributed by atoms with E-state index < -0.39 is 0 Å². The van der Waals surface area contributed by atoms with Crippen LogP contribution < -0.4 is 10.1 Å². The van der Waals surface area contributed by atoms with E-state index in [0.29, 0.717) is 24.7 Å². The van der Waals surface area contributed by atoms with Gasteiger partial charge in [-0.25, -0.2) is 4.98 Å². The highest BCUT2D eigenvalue weighted by molar-refractivity contribution is 5.92. The highest BCUT2D eigenvalue weighted by Gasteiger charge is 2.48. The molecule has 2 aromatic rings. The number of Topliss-reactive ketones (excluding diaryl/α,β-unsaturated/α-hetero) is 1. The number of H-pyrrole nitrogens is 1. The van der Waals surface area contributed by atoms with Crippen molar-refractivity contribution in [3.05, 3.63) is 36.3 Å². The molecule has 1 heterocycles. The largest absolute Gasteiger partial charge is 0.497 e. The van der Waals surface area contributed by atoms with E-state index in [1.807, 2.05) is 24.3 Å². The van der Waals surface area contributed by atoms with Crippen LogP contribution in [-0.4, -0.2) is 28.8 Å². The SMILES string of the molecule is COc1ccc(-c2cnc(CNC(=O)C3C[C@H]4CC(=O)[C@@H]3C4)[nH]2)cc1. The molecule has 2 aliphatic carbocycles. The number of rotatable bonds is 5. The number of hydrogen-bond donors (Lipinski definition) is 2. The van der Waals surface area contributed by atoms with Crippen molar-refractivity contribution >= 4 is 11.7 Å².